The first-order valence-corrected chi connectivity index (χ1v) is 6.06. The van der Waals surface area contributed by atoms with Crippen molar-refractivity contribution in [1.82, 2.24) is 0 Å². The lowest BCUT2D eigenvalue weighted by atomic mass is 10.0. The number of hydrogen-bond donors (Lipinski definition) is 2. The molecule has 0 radical (unpaired) electrons. The van der Waals surface area contributed by atoms with Gasteiger partial charge in [0.05, 0.1) is 17.6 Å². The molecule has 1 aromatic rings. The van der Waals surface area contributed by atoms with E-state index in [1.807, 2.05) is 0 Å². The standard InChI is InChI=1S/C13H18N2O5/c1-8-6-9(2)11(7-10(8)15(18)19)20-5-4-13(3,14)12(16)17/h6-7H,4-5,14H2,1-3H3,(H,16,17). The van der Waals surface area contributed by atoms with Crippen LogP contribution in [0.15, 0.2) is 12.1 Å². The molecule has 1 rings (SSSR count). The quantitative estimate of drug-likeness (QED) is 0.607. The summed E-state index contributed by atoms with van der Waals surface area (Å²) in [5.41, 5.74) is 5.47. The lowest BCUT2D eigenvalue weighted by Crippen LogP contribution is -2.45. The molecule has 0 aliphatic carbocycles. The molecule has 110 valence electrons. The Balaban J connectivity index is 2.81. The molecule has 0 heterocycles. The summed E-state index contributed by atoms with van der Waals surface area (Å²) in [7, 11) is 0. The highest BCUT2D eigenvalue weighted by molar-refractivity contribution is 5.77. The van der Waals surface area contributed by atoms with Crippen LogP contribution in [0.2, 0.25) is 0 Å². The van der Waals surface area contributed by atoms with Gasteiger partial charge in [-0.1, -0.05) is 0 Å². The van der Waals surface area contributed by atoms with Crippen LogP contribution >= 0.6 is 0 Å². The van der Waals surface area contributed by atoms with Crippen LogP contribution in [0.4, 0.5) is 5.69 Å². The summed E-state index contributed by atoms with van der Waals surface area (Å²) in [4.78, 5) is 21.2. The first-order chi connectivity index (χ1) is 9.15. The van der Waals surface area contributed by atoms with E-state index >= 15 is 0 Å². The van der Waals surface area contributed by atoms with Crippen LogP contribution in [0.25, 0.3) is 0 Å². The highest BCUT2D eigenvalue weighted by Crippen LogP contribution is 2.28. The number of nitrogens with zero attached hydrogens (tertiary/aromatic N) is 1. The van der Waals surface area contributed by atoms with Crippen LogP contribution in [-0.2, 0) is 4.79 Å². The summed E-state index contributed by atoms with van der Waals surface area (Å²) < 4.78 is 5.42. The number of nitro groups is 1. The zero-order valence-corrected chi connectivity index (χ0v) is 11.7. The van der Waals surface area contributed by atoms with Gasteiger partial charge in [-0.15, -0.1) is 0 Å². The summed E-state index contributed by atoms with van der Waals surface area (Å²) >= 11 is 0. The Hall–Kier alpha value is -2.15. The Labute approximate surface area is 116 Å². The zero-order chi connectivity index (χ0) is 15.5. The van der Waals surface area contributed by atoms with Gasteiger partial charge in [-0.25, -0.2) is 0 Å². The minimum atomic E-state index is -1.38. The maximum absolute atomic E-state index is 10.9. The number of rotatable bonds is 6. The number of carbonyl (C=O) groups is 1. The van der Waals surface area contributed by atoms with E-state index < -0.39 is 16.4 Å². The van der Waals surface area contributed by atoms with Crippen molar-refractivity contribution in [2.24, 2.45) is 5.73 Å². The molecular weight excluding hydrogens is 264 g/mol. The van der Waals surface area contributed by atoms with Gasteiger partial charge in [-0.2, -0.15) is 0 Å². The van der Waals surface area contributed by atoms with Crippen molar-refractivity contribution in [2.45, 2.75) is 32.7 Å². The van der Waals surface area contributed by atoms with Crippen LogP contribution in [0.1, 0.15) is 24.5 Å². The number of aryl methyl sites for hydroxylation is 2. The van der Waals surface area contributed by atoms with Crippen molar-refractivity contribution >= 4 is 11.7 Å². The molecule has 0 amide bonds. The van der Waals surface area contributed by atoms with E-state index in [1.54, 1.807) is 19.9 Å². The van der Waals surface area contributed by atoms with Gasteiger partial charge >= 0.3 is 5.97 Å². The smallest absolute Gasteiger partial charge is 0.323 e. The second-order valence-corrected chi connectivity index (χ2v) is 4.98. The second kappa shape index (κ2) is 5.87. The van der Waals surface area contributed by atoms with E-state index in [0.29, 0.717) is 11.3 Å². The number of carboxylic acids is 1. The van der Waals surface area contributed by atoms with Crippen LogP contribution in [0.5, 0.6) is 5.75 Å². The number of aliphatic carboxylic acids is 1. The molecule has 1 atom stereocenters. The predicted molar refractivity (Wildman–Crippen MR) is 72.9 cm³/mol. The van der Waals surface area contributed by atoms with Crippen molar-refractivity contribution in [3.63, 3.8) is 0 Å². The molecule has 0 spiro atoms. The van der Waals surface area contributed by atoms with E-state index in [0.717, 1.165) is 5.56 Å². The first kappa shape index (κ1) is 15.9. The average molecular weight is 282 g/mol. The molecule has 0 saturated heterocycles. The summed E-state index contributed by atoms with van der Waals surface area (Å²) in [6, 6.07) is 3.01. The van der Waals surface area contributed by atoms with Crippen LogP contribution in [0, 0.1) is 24.0 Å². The fourth-order valence-electron chi connectivity index (χ4n) is 1.65. The van der Waals surface area contributed by atoms with Gasteiger partial charge in [0.2, 0.25) is 0 Å². The molecule has 0 fully saturated rings. The molecular formula is C13H18N2O5. The fourth-order valence-corrected chi connectivity index (χ4v) is 1.65. The number of nitrogens with two attached hydrogens (primary N) is 1. The van der Waals surface area contributed by atoms with Crippen LogP contribution in [-0.4, -0.2) is 28.1 Å². The largest absolute Gasteiger partial charge is 0.493 e. The van der Waals surface area contributed by atoms with E-state index in [-0.39, 0.29) is 18.7 Å². The summed E-state index contributed by atoms with van der Waals surface area (Å²) in [5.74, 6) is -0.754. The van der Waals surface area contributed by atoms with E-state index in [2.05, 4.69) is 0 Å². The van der Waals surface area contributed by atoms with Gasteiger partial charge in [0, 0.05) is 12.0 Å². The summed E-state index contributed by atoms with van der Waals surface area (Å²) in [5, 5.41) is 19.7. The van der Waals surface area contributed by atoms with Crippen molar-refractivity contribution in [1.29, 1.82) is 0 Å². The molecule has 0 saturated carbocycles. The topological polar surface area (TPSA) is 116 Å². The van der Waals surface area contributed by atoms with Crippen LogP contribution in [0.3, 0.4) is 0 Å². The molecule has 1 aromatic carbocycles. The van der Waals surface area contributed by atoms with Gasteiger partial charge in [0.1, 0.15) is 11.3 Å². The average Bonchev–Trinajstić information content (AvgIpc) is 2.31. The molecule has 7 nitrogen and oxygen atoms in total. The molecule has 0 aliphatic heterocycles. The molecule has 7 heteroatoms. The maximum atomic E-state index is 10.9. The Kier molecular flexibility index (Phi) is 4.67. The first-order valence-electron chi connectivity index (χ1n) is 6.06. The van der Waals surface area contributed by atoms with Crippen molar-refractivity contribution in [2.75, 3.05) is 6.61 Å². The second-order valence-electron chi connectivity index (χ2n) is 4.98. The Morgan fingerprint density at radius 1 is 1.45 bits per heavy atom. The number of nitro benzene ring substituents is 1. The lowest BCUT2D eigenvalue weighted by Gasteiger charge is -2.19. The molecule has 1 unspecified atom stereocenters. The highest BCUT2D eigenvalue weighted by atomic mass is 16.6. The monoisotopic (exact) mass is 282 g/mol. The molecule has 0 bridgehead atoms. The van der Waals surface area contributed by atoms with Crippen molar-refractivity contribution < 1.29 is 19.6 Å². The van der Waals surface area contributed by atoms with Gasteiger partial charge in [-0.3, -0.25) is 14.9 Å². The third-order valence-electron chi connectivity index (χ3n) is 3.06. The molecule has 0 aromatic heterocycles. The van der Waals surface area contributed by atoms with Gasteiger partial charge in [0.15, 0.2) is 0 Å². The number of benzene rings is 1. The van der Waals surface area contributed by atoms with Crippen LogP contribution < -0.4 is 10.5 Å². The van der Waals surface area contributed by atoms with E-state index in [9.17, 15) is 14.9 Å². The third-order valence-corrected chi connectivity index (χ3v) is 3.06. The van der Waals surface area contributed by atoms with Crippen molar-refractivity contribution in [3.8, 4) is 5.75 Å². The zero-order valence-electron chi connectivity index (χ0n) is 11.7. The predicted octanol–water partition coefficient (Wildman–Crippen LogP) is 1.78. The van der Waals surface area contributed by atoms with E-state index in [4.69, 9.17) is 15.6 Å². The fraction of sp³-hybridized carbons (Fsp3) is 0.462. The van der Waals surface area contributed by atoms with Gasteiger partial charge < -0.3 is 15.6 Å². The molecule has 0 aliphatic rings. The minimum absolute atomic E-state index is 0.0284. The highest BCUT2D eigenvalue weighted by Gasteiger charge is 2.27. The number of hydrogen-bond acceptors (Lipinski definition) is 5. The summed E-state index contributed by atoms with van der Waals surface area (Å²) in [6.45, 7) is 4.88. The summed E-state index contributed by atoms with van der Waals surface area (Å²) in [6.07, 6.45) is 0.101. The van der Waals surface area contributed by atoms with Gasteiger partial charge in [-0.05, 0) is 32.4 Å². The Morgan fingerprint density at radius 3 is 2.55 bits per heavy atom. The molecule has 3 N–H and O–H groups in total. The Morgan fingerprint density at radius 2 is 2.05 bits per heavy atom. The maximum Gasteiger partial charge on any atom is 0.323 e. The lowest BCUT2D eigenvalue weighted by molar-refractivity contribution is -0.385. The molecule has 20 heavy (non-hydrogen) atoms. The normalized spacial score (nSPS) is 13.6. The minimum Gasteiger partial charge on any atom is -0.493 e. The Bertz CT molecular complexity index is 540. The number of carboxylic acid groups (broad SMARTS) is 1. The SMILES string of the molecule is Cc1cc(C)c([N+](=O)[O-])cc1OCCC(C)(N)C(=O)O. The third kappa shape index (κ3) is 3.67. The van der Waals surface area contributed by atoms with Crippen molar-refractivity contribution in [3.05, 3.63) is 33.4 Å². The van der Waals surface area contributed by atoms with E-state index in [1.165, 1.54) is 13.0 Å². The van der Waals surface area contributed by atoms with Gasteiger partial charge in [0.25, 0.3) is 5.69 Å². The number of ether oxygens (including phenoxy) is 1.